The van der Waals surface area contributed by atoms with Crippen LogP contribution in [0.3, 0.4) is 0 Å². The number of hydrogen-bond donors (Lipinski definition) is 1. The molecule has 0 radical (unpaired) electrons. The van der Waals surface area contributed by atoms with Gasteiger partial charge in [0.2, 0.25) is 0 Å². The molecule has 0 aliphatic carbocycles. The minimum absolute atomic E-state index is 0.183. The minimum atomic E-state index is -0.467. The molecular formula is C18H32N4O4. The fraction of sp³-hybridized carbons (Fsp3) is 0.889. The number of nitrogens with one attached hydrogen (secondary N) is 1. The molecule has 0 aromatic heterocycles. The fourth-order valence-corrected chi connectivity index (χ4v) is 3.66. The molecule has 1 N–H and O–H groups in total. The van der Waals surface area contributed by atoms with Crippen molar-refractivity contribution in [3.8, 4) is 0 Å². The number of guanidine groups is 1. The highest BCUT2D eigenvalue weighted by Gasteiger charge is 2.38. The van der Waals surface area contributed by atoms with Crippen LogP contribution >= 0.6 is 0 Å². The van der Waals surface area contributed by atoms with Crippen LogP contribution in [0.15, 0.2) is 4.99 Å². The van der Waals surface area contributed by atoms with Crippen molar-refractivity contribution >= 4 is 12.1 Å². The lowest BCUT2D eigenvalue weighted by Gasteiger charge is -2.40. The summed E-state index contributed by atoms with van der Waals surface area (Å²) < 4.78 is 16.7. The standard InChI is InChI=1S/C18H32N4O4/c1-17(2,3)26-16(23)21-7-8-22-14(12-21)11-19-15(22)20-13-18(24-4)5-9-25-10-6-18/h14H,5-13H2,1-4H3,(H,19,20). The highest BCUT2D eigenvalue weighted by atomic mass is 16.6. The Morgan fingerprint density at radius 3 is 2.73 bits per heavy atom. The van der Waals surface area contributed by atoms with Crippen molar-refractivity contribution in [1.29, 1.82) is 0 Å². The van der Waals surface area contributed by atoms with Gasteiger partial charge in [0.15, 0.2) is 5.96 Å². The van der Waals surface area contributed by atoms with E-state index in [-0.39, 0.29) is 17.7 Å². The van der Waals surface area contributed by atoms with Crippen molar-refractivity contribution in [2.24, 2.45) is 4.99 Å². The average Bonchev–Trinajstić information content (AvgIpc) is 3.01. The molecule has 8 nitrogen and oxygen atoms in total. The summed E-state index contributed by atoms with van der Waals surface area (Å²) in [7, 11) is 1.77. The Morgan fingerprint density at radius 1 is 1.35 bits per heavy atom. The van der Waals surface area contributed by atoms with Gasteiger partial charge < -0.3 is 29.3 Å². The van der Waals surface area contributed by atoms with Gasteiger partial charge in [-0.3, -0.25) is 4.99 Å². The van der Waals surface area contributed by atoms with Gasteiger partial charge in [-0.25, -0.2) is 4.79 Å². The van der Waals surface area contributed by atoms with E-state index < -0.39 is 5.60 Å². The molecule has 2 saturated heterocycles. The van der Waals surface area contributed by atoms with E-state index >= 15 is 0 Å². The SMILES string of the molecule is COC1(CNC2=NCC3CN(C(=O)OC(C)(C)C)CCN23)CCOCC1. The molecule has 3 heterocycles. The first-order chi connectivity index (χ1) is 12.3. The summed E-state index contributed by atoms with van der Waals surface area (Å²) in [6, 6.07) is 0.215. The van der Waals surface area contributed by atoms with Gasteiger partial charge in [0.1, 0.15) is 5.60 Å². The lowest BCUT2D eigenvalue weighted by atomic mass is 9.94. The maximum atomic E-state index is 12.3. The molecule has 148 valence electrons. The molecule has 1 unspecified atom stereocenters. The second-order valence-corrected chi connectivity index (χ2v) is 8.29. The van der Waals surface area contributed by atoms with E-state index in [1.165, 1.54) is 0 Å². The summed E-state index contributed by atoms with van der Waals surface area (Å²) >= 11 is 0. The fourth-order valence-electron chi connectivity index (χ4n) is 3.66. The zero-order valence-corrected chi connectivity index (χ0v) is 16.4. The molecule has 0 saturated carbocycles. The second-order valence-electron chi connectivity index (χ2n) is 8.29. The largest absolute Gasteiger partial charge is 0.444 e. The molecule has 3 aliphatic rings. The number of fused-ring (bicyclic) bond motifs is 1. The quantitative estimate of drug-likeness (QED) is 0.803. The molecule has 0 bridgehead atoms. The maximum Gasteiger partial charge on any atom is 0.410 e. The normalized spacial score (nSPS) is 25.5. The van der Waals surface area contributed by atoms with Gasteiger partial charge >= 0.3 is 6.09 Å². The Morgan fingerprint density at radius 2 is 2.08 bits per heavy atom. The Balaban J connectivity index is 1.51. The average molecular weight is 368 g/mol. The summed E-state index contributed by atoms with van der Waals surface area (Å²) in [5.41, 5.74) is -0.650. The lowest BCUT2D eigenvalue weighted by Crippen LogP contribution is -2.59. The van der Waals surface area contributed by atoms with Crippen molar-refractivity contribution < 1.29 is 19.0 Å². The predicted octanol–water partition coefficient (Wildman–Crippen LogP) is 1.06. The van der Waals surface area contributed by atoms with Crippen LogP contribution in [0, 0.1) is 0 Å². The van der Waals surface area contributed by atoms with E-state index in [1.807, 2.05) is 20.8 Å². The third-order valence-electron chi connectivity index (χ3n) is 5.26. The van der Waals surface area contributed by atoms with Crippen molar-refractivity contribution in [3.05, 3.63) is 0 Å². The number of methoxy groups -OCH3 is 1. The molecule has 1 atom stereocenters. The van der Waals surface area contributed by atoms with E-state index in [4.69, 9.17) is 14.2 Å². The van der Waals surface area contributed by atoms with Gasteiger partial charge in [0.05, 0.1) is 18.2 Å². The molecule has 1 amide bonds. The minimum Gasteiger partial charge on any atom is -0.444 e. The predicted molar refractivity (Wildman–Crippen MR) is 98.4 cm³/mol. The number of amides is 1. The zero-order chi connectivity index (χ0) is 18.8. The molecule has 8 heteroatoms. The van der Waals surface area contributed by atoms with Crippen molar-refractivity contribution in [1.82, 2.24) is 15.1 Å². The van der Waals surface area contributed by atoms with Gasteiger partial charge in [-0.1, -0.05) is 0 Å². The van der Waals surface area contributed by atoms with E-state index in [0.29, 0.717) is 19.6 Å². The first-order valence-electron chi connectivity index (χ1n) is 9.48. The van der Waals surface area contributed by atoms with Gasteiger partial charge in [0.25, 0.3) is 0 Å². The Hall–Kier alpha value is -1.54. The number of ether oxygens (including phenoxy) is 3. The van der Waals surface area contributed by atoms with Crippen LogP contribution in [0.4, 0.5) is 4.79 Å². The molecule has 3 aliphatic heterocycles. The van der Waals surface area contributed by atoms with E-state index in [9.17, 15) is 4.79 Å². The number of carbonyl (C=O) groups excluding carboxylic acids is 1. The monoisotopic (exact) mass is 368 g/mol. The second kappa shape index (κ2) is 7.60. The van der Waals surface area contributed by atoms with Crippen LogP contribution in [0.1, 0.15) is 33.6 Å². The van der Waals surface area contributed by atoms with Crippen molar-refractivity contribution in [2.75, 3.05) is 53.0 Å². The van der Waals surface area contributed by atoms with Crippen LogP contribution in [-0.2, 0) is 14.2 Å². The van der Waals surface area contributed by atoms with Gasteiger partial charge in [-0.15, -0.1) is 0 Å². The first-order valence-corrected chi connectivity index (χ1v) is 9.48. The summed E-state index contributed by atoms with van der Waals surface area (Å²) in [6.07, 6.45) is 1.54. The summed E-state index contributed by atoms with van der Waals surface area (Å²) in [6.45, 7) is 10.6. The van der Waals surface area contributed by atoms with E-state index in [2.05, 4.69) is 15.2 Å². The lowest BCUT2D eigenvalue weighted by molar-refractivity contribution is -0.0858. The van der Waals surface area contributed by atoms with Crippen LogP contribution in [0.25, 0.3) is 0 Å². The van der Waals surface area contributed by atoms with Gasteiger partial charge in [-0.2, -0.15) is 0 Å². The van der Waals surface area contributed by atoms with Crippen LogP contribution in [0.2, 0.25) is 0 Å². The Bertz CT molecular complexity index is 540. The summed E-state index contributed by atoms with van der Waals surface area (Å²) in [5.74, 6) is 0.918. The van der Waals surface area contributed by atoms with Gasteiger partial charge in [0, 0.05) is 59.3 Å². The van der Waals surface area contributed by atoms with Crippen molar-refractivity contribution in [2.45, 2.75) is 50.9 Å². The van der Waals surface area contributed by atoms with Gasteiger partial charge in [-0.05, 0) is 20.8 Å². The molecule has 26 heavy (non-hydrogen) atoms. The number of hydrogen-bond acceptors (Lipinski definition) is 7. The number of carbonyl (C=O) groups is 1. The maximum absolute atomic E-state index is 12.3. The van der Waals surface area contributed by atoms with E-state index in [0.717, 1.165) is 45.1 Å². The molecule has 2 fully saturated rings. The topological polar surface area (TPSA) is 75.6 Å². The molecule has 0 aromatic rings. The first kappa shape index (κ1) is 19.2. The molecule has 0 aromatic carbocycles. The molecule has 0 spiro atoms. The smallest absolute Gasteiger partial charge is 0.410 e. The third kappa shape index (κ3) is 4.40. The summed E-state index contributed by atoms with van der Waals surface area (Å²) in [4.78, 5) is 21.0. The highest BCUT2D eigenvalue weighted by Crippen LogP contribution is 2.24. The summed E-state index contributed by atoms with van der Waals surface area (Å²) in [5, 5.41) is 3.49. The van der Waals surface area contributed by atoms with Crippen LogP contribution < -0.4 is 5.32 Å². The Kier molecular flexibility index (Phi) is 5.62. The Labute approximate surface area is 155 Å². The van der Waals surface area contributed by atoms with Crippen molar-refractivity contribution in [3.63, 3.8) is 0 Å². The number of aliphatic imine (C=N–C) groups is 1. The van der Waals surface area contributed by atoms with Crippen LogP contribution in [0.5, 0.6) is 0 Å². The third-order valence-corrected chi connectivity index (χ3v) is 5.26. The molecular weight excluding hydrogens is 336 g/mol. The molecule has 3 rings (SSSR count). The number of rotatable bonds is 3. The zero-order valence-electron chi connectivity index (χ0n) is 16.4. The number of nitrogens with zero attached hydrogens (tertiary/aromatic N) is 3. The van der Waals surface area contributed by atoms with Crippen LogP contribution in [-0.4, -0.2) is 92.1 Å². The number of piperazine rings is 1. The highest BCUT2D eigenvalue weighted by molar-refractivity contribution is 5.82. The van der Waals surface area contributed by atoms with E-state index in [1.54, 1.807) is 12.0 Å².